The second-order valence-corrected chi connectivity index (χ2v) is 7.99. The SMILES string of the molecule is C=CCC[C@H]1CC[C@H](C/C=C\C[C@H]2CC[C@H](CC)CC2)CC1. The molecule has 0 aromatic heterocycles. The van der Waals surface area contributed by atoms with Crippen LogP contribution in [-0.2, 0) is 0 Å². The Hall–Kier alpha value is -0.520. The fourth-order valence-corrected chi connectivity index (χ4v) is 4.56. The van der Waals surface area contributed by atoms with Gasteiger partial charge in [0.25, 0.3) is 0 Å². The Morgan fingerprint density at radius 1 is 0.727 bits per heavy atom. The van der Waals surface area contributed by atoms with Crippen LogP contribution < -0.4 is 0 Å². The van der Waals surface area contributed by atoms with Crippen molar-refractivity contribution in [3.8, 4) is 0 Å². The largest absolute Gasteiger partial charge is 0.103 e. The zero-order valence-corrected chi connectivity index (χ0v) is 14.9. The second kappa shape index (κ2) is 10.3. The van der Waals surface area contributed by atoms with E-state index in [-0.39, 0.29) is 0 Å². The van der Waals surface area contributed by atoms with Gasteiger partial charge in [-0.3, -0.25) is 0 Å². The molecule has 0 nitrogen and oxygen atoms in total. The van der Waals surface area contributed by atoms with Gasteiger partial charge in [-0.25, -0.2) is 0 Å². The molecule has 0 spiro atoms. The Morgan fingerprint density at radius 2 is 1.18 bits per heavy atom. The molecule has 2 saturated carbocycles. The average molecular weight is 303 g/mol. The van der Waals surface area contributed by atoms with Gasteiger partial charge in [-0.05, 0) is 75.0 Å². The summed E-state index contributed by atoms with van der Waals surface area (Å²) in [5.41, 5.74) is 0. The third kappa shape index (κ3) is 6.31. The van der Waals surface area contributed by atoms with Crippen molar-refractivity contribution in [2.75, 3.05) is 0 Å². The molecule has 0 heterocycles. The van der Waals surface area contributed by atoms with Crippen molar-refractivity contribution in [2.24, 2.45) is 23.7 Å². The van der Waals surface area contributed by atoms with Crippen LogP contribution in [-0.4, -0.2) is 0 Å². The lowest BCUT2D eigenvalue weighted by molar-refractivity contribution is 0.264. The first kappa shape index (κ1) is 17.8. The molecular formula is C22H38. The van der Waals surface area contributed by atoms with Gasteiger partial charge < -0.3 is 0 Å². The molecule has 2 aliphatic carbocycles. The number of allylic oxidation sites excluding steroid dienone is 3. The number of rotatable bonds is 8. The lowest BCUT2D eigenvalue weighted by atomic mass is 9.78. The third-order valence-electron chi connectivity index (χ3n) is 6.39. The fourth-order valence-electron chi connectivity index (χ4n) is 4.56. The molecule has 0 aromatic carbocycles. The van der Waals surface area contributed by atoms with E-state index in [0.717, 1.165) is 23.7 Å². The minimum absolute atomic E-state index is 0.979. The van der Waals surface area contributed by atoms with Gasteiger partial charge in [0.05, 0.1) is 0 Å². The second-order valence-electron chi connectivity index (χ2n) is 7.99. The zero-order chi connectivity index (χ0) is 15.6. The van der Waals surface area contributed by atoms with E-state index in [1.54, 1.807) is 0 Å². The third-order valence-corrected chi connectivity index (χ3v) is 6.39. The van der Waals surface area contributed by atoms with Crippen LogP contribution in [0.4, 0.5) is 0 Å². The van der Waals surface area contributed by atoms with E-state index in [2.05, 4.69) is 31.7 Å². The van der Waals surface area contributed by atoms with Crippen molar-refractivity contribution in [2.45, 2.75) is 90.4 Å². The molecule has 0 N–H and O–H groups in total. The first-order valence-electron chi connectivity index (χ1n) is 10.1. The molecule has 22 heavy (non-hydrogen) atoms. The highest BCUT2D eigenvalue weighted by Crippen LogP contribution is 2.34. The summed E-state index contributed by atoms with van der Waals surface area (Å²) in [4.78, 5) is 0. The normalized spacial score (nSPS) is 33.1. The van der Waals surface area contributed by atoms with Crippen LogP contribution >= 0.6 is 0 Å². The predicted molar refractivity (Wildman–Crippen MR) is 99.0 cm³/mol. The Kier molecular flexibility index (Phi) is 8.34. The van der Waals surface area contributed by atoms with E-state index in [1.165, 1.54) is 83.5 Å². The molecule has 0 heteroatoms. The Labute approximate surface area is 139 Å². The monoisotopic (exact) mass is 302 g/mol. The average Bonchev–Trinajstić information content (AvgIpc) is 2.58. The van der Waals surface area contributed by atoms with Crippen LogP contribution in [0.3, 0.4) is 0 Å². The molecule has 2 fully saturated rings. The summed E-state index contributed by atoms with van der Waals surface area (Å²) < 4.78 is 0. The minimum atomic E-state index is 0.979. The summed E-state index contributed by atoms with van der Waals surface area (Å²) in [7, 11) is 0. The maximum absolute atomic E-state index is 3.85. The zero-order valence-electron chi connectivity index (χ0n) is 14.9. The maximum Gasteiger partial charge on any atom is -0.0322 e. The topological polar surface area (TPSA) is 0 Å². The summed E-state index contributed by atoms with van der Waals surface area (Å²) in [5, 5.41) is 0. The lowest BCUT2D eigenvalue weighted by Crippen LogP contribution is -2.14. The molecular weight excluding hydrogens is 264 g/mol. The van der Waals surface area contributed by atoms with E-state index in [0.29, 0.717) is 0 Å². The summed E-state index contributed by atoms with van der Waals surface area (Å²) in [6.07, 6.45) is 25.6. The molecule has 0 atom stereocenters. The fraction of sp³-hybridized carbons (Fsp3) is 0.818. The molecule has 0 radical (unpaired) electrons. The van der Waals surface area contributed by atoms with Gasteiger partial charge in [-0.15, -0.1) is 6.58 Å². The standard InChI is InChI=1S/C22H38/c1-3-5-8-20-15-17-22(18-16-20)10-7-6-9-21-13-11-19(4-2)12-14-21/h3,6-7,19-22H,1,4-5,8-18H2,2H3/b7-6-/t19-,20-,21-,22-. The highest BCUT2D eigenvalue weighted by atomic mass is 14.3. The molecule has 0 amide bonds. The van der Waals surface area contributed by atoms with E-state index < -0.39 is 0 Å². The molecule has 2 rings (SSSR count). The highest BCUT2D eigenvalue weighted by Gasteiger charge is 2.20. The van der Waals surface area contributed by atoms with Gasteiger partial charge in [0, 0.05) is 0 Å². The predicted octanol–water partition coefficient (Wildman–Crippen LogP) is 7.31. The van der Waals surface area contributed by atoms with Gasteiger partial charge in [-0.1, -0.05) is 57.3 Å². The first-order chi connectivity index (χ1) is 10.8. The van der Waals surface area contributed by atoms with Crippen LogP contribution in [0.25, 0.3) is 0 Å². The maximum atomic E-state index is 3.85. The van der Waals surface area contributed by atoms with Crippen molar-refractivity contribution >= 4 is 0 Å². The summed E-state index contributed by atoms with van der Waals surface area (Å²) >= 11 is 0. The van der Waals surface area contributed by atoms with Crippen LogP contribution in [0.1, 0.15) is 90.4 Å². The molecule has 0 aromatic rings. The molecule has 126 valence electrons. The molecule has 0 aliphatic heterocycles. The van der Waals surface area contributed by atoms with E-state index >= 15 is 0 Å². The summed E-state index contributed by atoms with van der Waals surface area (Å²) in [6.45, 7) is 6.21. The Bertz CT molecular complexity index is 311. The van der Waals surface area contributed by atoms with Crippen LogP contribution in [0.15, 0.2) is 24.8 Å². The van der Waals surface area contributed by atoms with Crippen molar-refractivity contribution in [3.05, 3.63) is 24.8 Å². The van der Waals surface area contributed by atoms with Crippen molar-refractivity contribution in [3.63, 3.8) is 0 Å². The summed E-state index contributed by atoms with van der Waals surface area (Å²) in [5.74, 6) is 4.00. The molecule has 0 unspecified atom stereocenters. The van der Waals surface area contributed by atoms with E-state index in [1.807, 2.05) is 0 Å². The van der Waals surface area contributed by atoms with Gasteiger partial charge in [0.15, 0.2) is 0 Å². The van der Waals surface area contributed by atoms with Crippen LogP contribution in [0, 0.1) is 23.7 Å². The van der Waals surface area contributed by atoms with Crippen molar-refractivity contribution < 1.29 is 0 Å². The smallest absolute Gasteiger partial charge is 0.0322 e. The first-order valence-corrected chi connectivity index (χ1v) is 10.1. The minimum Gasteiger partial charge on any atom is -0.103 e. The van der Waals surface area contributed by atoms with Crippen LogP contribution in [0.2, 0.25) is 0 Å². The lowest BCUT2D eigenvalue weighted by Gasteiger charge is -2.28. The van der Waals surface area contributed by atoms with Crippen LogP contribution in [0.5, 0.6) is 0 Å². The van der Waals surface area contributed by atoms with E-state index in [9.17, 15) is 0 Å². The van der Waals surface area contributed by atoms with Gasteiger partial charge in [0.2, 0.25) is 0 Å². The Balaban J connectivity index is 1.54. The van der Waals surface area contributed by atoms with Gasteiger partial charge in [0.1, 0.15) is 0 Å². The molecule has 0 saturated heterocycles. The highest BCUT2D eigenvalue weighted by molar-refractivity contribution is 4.89. The van der Waals surface area contributed by atoms with Gasteiger partial charge >= 0.3 is 0 Å². The van der Waals surface area contributed by atoms with Crippen molar-refractivity contribution in [1.29, 1.82) is 0 Å². The number of hydrogen-bond donors (Lipinski definition) is 0. The Morgan fingerprint density at radius 3 is 1.64 bits per heavy atom. The quantitative estimate of drug-likeness (QED) is 0.412. The van der Waals surface area contributed by atoms with Crippen molar-refractivity contribution in [1.82, 2.24) is 0 Å². The number of hydrogen-bond acceptors (Lipinski definition) is 0. The summed E-state index contributed by atoms with van der Waals surface area (Å²) in [6, 6.07) is 0. The molecule has 2 aliphatic rings. The van der Waals surface area contributed by atoms with Gasteiger partial charge in [-0.2, -0.15) is 0 Å². The van der Waals surface area contributed by atoms with E-state index in [4.69, 9.17) is 0 Å². The molecule has 0 bridgehead atoms.